The first-order valence-corrected chi connectivity index (χ1v) is 6.75. The number of carbonyl (C=O) groups excluding carboxylic acids is 2. The van der Waals surface area contributed by atoms with Crippen LogP contribution in [-0.2, 0) is 14.3 Å². The number of rotatable bonds is 8. The molecular formula is C14H21N3O5. The number of hydrogen-bond acceptors (Lipinski definition) is 5. The molecule has 0 aromatic heterocycles. The van der Waals surface area contributed by atoms with Crippen molar-refractivity contribution in [3.05, 3.63) is 30.3 Å². The molecule has 0 saturated carbocycles. The number of benzene rings is 1. The number of amides is 3. The summed E-state index contributed by atoms with van der Waals surface area (Å²) in [6.07, 6.45) is -0.735. The van der Waals surface area contributed by atoms with Crippen LogP contribution in [0.4, 0.5) is 4.79 Å². The summed E-state index contributed by atoms with van der Waals surface area (Å²) in [4.78, 5) is 22.9. The molecule has 0 radical (unpaired) electrons. The van der Waals surface area contributed by atoms with Crippen LogP contribution < -0.4 is 20.9 Å². The first-order chi connectivity index (χ1) is 10.6. The second-order valence-corrected chi connectivity index (χ2v) is 4.25. The zero-order chi connectivity index (χ0) is 16.2. The van der Waals surface area contributed by atoms with Crippen LogP contribution in [-0.4, -0.2) is 45.1 Å². The molecule has 1 aromatic rings. The van der Waals surface area contributed by atoms with Gasteiger partial charge in [-0.05, 0) is 19.1 Å². The Hall–Kier alpha value is -2.32. The molecule has 22 heavy (non-hydrogen) atoms. The van der Waals surface area contributed by atoms with Crippen molar-refractivity contribution in [2.24, 2.45) is 0 Å². The molecule has 0 saturated heterocycles. The van der Waals surface area contributed by atoms with Gasteiger partial charge in [0.15, 0.2) is 0 Å². The van der Waals surface area contributed by atoms with E-state index in [0.29, 0.717) is 13.2 Å². The molecule has 8 nitrogen and oxygen atoms in total. The summed E-state index contributed by atoms with van der Waals surface area (Å²) in [5.41, 5.74) is 4.44. The Morgan fingerprint density at radius 2 is 1.91 bits per heavy atom. The number of methoxy groups -OCH3 is 1. The van der Waals surface area contributed by atoms with Gasteiger partial charge in [0.1, 0.15) is 25.3 Å². The zero-order valence-electron chi connectivity index (χ0n) is 12.6. The maximum atomic E-state index is 11.5. The van der Waals surface area contributed by atoms with E-state index >= 15 is 0 Å². The smallest absolute Gasteiger partial charge is 0.333 e. The van der Waals surface area contributed by atoms with Crippen LogP contribution in [0.2, 0.25) is 0 Å². The average Bonchev–Trinajstić information content (AvgIpc) is 2.55. The van der Waals surface area contributed by atoms with E-state index in [0.717, 1.165) is 5.75 Å². The summed E-state index contributed by atoms with van der Waals surface area (Å²) >= 11 is 0. The number of hydrazine groups is 1. The van der Waals surface area contributed by atoms with Gasteiger partial charge in [-0.3, -0.25) is 10.2 Å². The molecule has 3 amide bonds. The molecule has 1 aromatic carbocycles. The van der Waals surface area contributed by atoms with Gasteiger partial charge in [0.2, 0.25) is 0 Å². The van der Waals surface area contributed by atoms with Crippen molar-refractivity contribution in [1.82, 2.24) is 16.2 Å². The Bertz CT molecular complexity index is 455. The van der Waals surface area contributed by atoms with E-state index in [4.69, 9.17) is 9.47 Å². The molecule has 0 spiro atoms. The van der Waals surface area contributed by atoms with Gasteiger partial charge in [-0.2, -0.15) is 0 Å². The van der Waals surface area contributed by atoms with Crippen molar-refractivity contribution in [1.29, 1.82) is 0 Å². The highest BCUT2D eigenvalue weighted by Gasteiger charge is 2.13. The normalized spacial score (nSPS) is 11.4. The first kappa shape index (κ1) is 17.7. The Morgan fingerprint density at radius 1 is 1.18 bits per heavy atom. The highest BCUT2D eigenvalue weighted by atomic mass is 16.7. The van der Waals surface area contributed by atoms with Crippen LogP contribution in [0.5, 0.6) is 5.75 Å². The number of nitrogens with one attached hydrogen (secondary N) is 3. The summed E-state index contributed by atoms with van der Waals surface area (Å²) in [5.74, 6) is 0.245. The van der Waals surface area contributed by atoms with Crippen LogP contribution in [0.1, 0.15) is 6.92 Å². The third kappa shape index (κ3) is 7.46. The minimum atomic E-state index is -0.735. The molecule has 8 heteroatoms. The lowest BCUT2D eigenvalue weighted by Crippen LogP contribution is -2.50. The van der Waals surface area contributed by atoms with Crippen molar-refractivity contribution >= 4 is 11.9 Å². The predicted octanol–water partition coefficient (Wildman–Crippen LogP) is 0.405. The molecule has 0 bridgehead atoms. The van der Waals surface area contributed by atoms with Gasteiger partial charge in [0.25, 0.3) is 5.91 Å². The van der Waals surface area contributed by atoms with Gasteiger partial charge in [-0.15, -0.1) is 0 Å². The maximum Gasteiger partial charge on any atom is 0.333 e. The van der Waals surface area contributed by atoms with Gasteiger partial charge in [0.05, 0.1) is 6.54 Å². The number of urea groups is 1. The Labute approximate surface area is 129 Å². The van der Waals surface area contributed by atoms with Crippen molar-refractivity contribution in [3.8, 4) is 5.75 Å². The molecular weight excluding hydrogens is 290 g/mol. The largest absolute Gasteiger partial charge is 0.492 e. The lowest BCUT2D eigenvalue weighted by atomic mass is 10.3. The summed E-state index contributed by atoms with van der Waals surface area (Å²) < 4.78 is 15.1. The van der Waals surface area contributed by atoms with Gasteiger partial charge in [-0.25, -0.2) is 10.2 Å². The van der Waals surface area contributed by atoms with E-state index in [2.05, 4.69) is 20.9 Å². The maximum absolute atomic E-state index is 11.5. The van der Waals surface area contributed by atoms with Gasteiger partial charge in [0, 0.05) is 7.11 Å². The van der Waals surface area contributed by atoms with Crippen molar-refractivity contribution < 1.29 is 23.8 Å². The summed E-state index contributed by atoms with van der Waals surface area (Å²) in [5, 5.41) is 2.54. The van der Waals surface area contributed by atoms with E-state index in [1.54, 1.807) is 6.92 Å². The van der Waals surface area contributed by atoms with Crippen LogP contribution in [0.25, 0.3) is 0 Å². The molecule has 1 atom stereocenters. The van der Waals surface area contributed by atoms with Crippen molar-refractivity contribution in [2.75, 3.05) is 27.1 Å². The zero-order valence-corrected chi connectivity index (χ0v) is 12.6. The van der Waals surface area contributed by atoms with Crippen LogP contribution in [0.15, 0.2) is 30.3 Å². The fraction of sp³-hybridized carbons (Fsp3) is 0.429. The highest BCUT2D eigenvalue weighted by Crippen LogP contribution is 2.07. The van der Waals surface area contributed by atoms with Gasteiger partial charge in [-0.1, -0.05) is 18.2 Å². The number of hydrogen-bond donors (Lipinski definition) is 3. The minimum Gasteiger partial charge on any atom is -0.492 e. The molecule has 0 heterocycles. The molecule has 0 aliphatic rings. The Balaban J connectivity index is 2.09. The molecule has 1 rings (SSSR count). The lowest BCUT2D eigenvalue weighted by molar-refractivity contribution is -0.140. The van der Waals surface area contributed by atoms with E-state index in [-0.39, 0.29) is 6.79 Å². The number of ether oxygens (including phenoxy) is 3. The quantitative estimate of drug-likeness (QED) is 0.367. The van der Waals surface area contributed by atoms with Crippen molar-refractivity contribution in [2.45, 2.75) is 13.0 Å². The monoisotopic (exact) mass is 311 g/mol. The molecule has 1 unspecified atom stereocenters. The molecule has 0 fully saturated rings. The third-order valence-corrected chi connectivity index (χ3v) is 2.50. The van der Waals surface area contributed by atoms with Crippen LogP contribution in [0, 0.1) is 0 Å². The van der Waals surface area contributed by atoms with Gasteiger partial charge >= 0.3 is 6.03 Å². The van der Waals surface area contributed by atoms with Crippen LogP contribution in [0.3, 0.4) is 0 Å². The fourth-order valence-corrected chi connectivity index (χ4v) is 1.36. The number of carbonyl (C=O) groups is 2. The second kappa shape index (κ2) is 10.4. The van der Waals surface area contributed by atoms with E-state index in [1.165, 1.54) is 7.11 Å². The highest BCUT2D eigenvalue weighted by molar-refractivity contribution is 5.83. The summed E-state index contributed by atoms with van der Waals surface area (Å²) in [6, 6.07) is 8.71. The molecule has 3 N–H and O–H groups in total. The van der Waals surface area contributed by atoms with Gasteiger partial charge < -0.3 is 19.5 Å². The van der Waals surface area contributed by atoms with E-state index in [9.17, 15) is 9.59 Å². The summed E-state index contributed by atoms with van der Waals surface area (Å²) in [7, 11) is 1.45. The first-order valence-electron chi connectivity index (χ1n) is 6.75. The van der Waals surface area contributed by atoms with E-state index < -0.39 is 18.0 Å². The average molecular weight is 311 g/mol. The lowest BCUT2D eigenvalue weighted by Gasteiger charge is -2.13. The minimum absolute atomic E-state index is 0.00237. The Kier molecular flexibility index (Phi) is 8.39. The summed E-state index contributed by atoms with van der Waals surface area (Å²) in [6.45, 7) is 2.16. The number of para-hydroxylation sites is 1. The van der Waals surface area contributed by atoms with E-state index in [1.807, 2.05) is 30.3 Å². The molecule has 0 aliphatic heterocycles. The SMILES string of the molecule is COCOC(C)C(=O)NNC(=O)NCCOc1ccccc1. The predicted molar refractivity (Wildman–Crippen MR) is 79.0 cm³/mol. The standard InChI is InChI=1S/C14H21N3O5/c1-11(22-10-20-2)13(18)16-17-14(19)15-8-9-21-12-6-4-3-5-7-12/h3-7,11H,8-10H2,1-2H3,(H,16,18)(H2,15,17,19). The van der Waals surface area contributed by atoms with Crippen LogP contribution >= 0.6 is 0 Å². The fourth-order valence-electron chi connectivity index (χ4n) is 1.36. The van der Waals surface area contributed by atoms with Crippen molar-refractivity contribution in [3.63, 3.8) is 0 Å². The third-order valence-electron chi connectivity index (χ3n) is 2.50. The Morgan fingerprint density at radius 3 is 2.59 bits per heavy atom. The molecule has 0 aliphatic carbocycles. The molecule has 122 valence electrons. The topological polar surface area (TPSA) is 97.9 Å². The second-order valence-electron chi connectivity index (χ2n) is 4.25.